The maximum absolute atomic E-state index is 11.4. The highest BCUT2D eigenvalue weighted by Gasteiger charge is 2.35. The maximum Gasteiger partial charge on any atom is 0.323 e. The summed E-state index contributed by atoms with van der Waals surface area (Å²) in [4.78, 5) is 13.5. The lowest BCUT2D eigenvalue weighted by atomic mass is 10.2. The highest BCUT2D eigenvalue weighted by molar-refractivity contribution is 5.76. The maximum atomic E-state index is 11.4. The third kappa shape index (κ3) is 2.19. The first-order chi connectivity index (χ1) is 6.22. The molecule has 0 aliphatic carbocycles. The molecule has 1 rings (SSSR count). The molecule has 1 N–H and O–H groups in total. The van der Waals surface area contributed by atoms with Crippen molar-refractivity contribution in [3.8, 4) is 0 Å². The normalized spacial score (nSPS) is 29.2. The van der Waals surface area contributed by atoms with Gasteiger partial charge in [0.05, 0.1) is 7.11 Å². The van der Waals surface area contributed by atoms with Gasteiger partial charge in [0.2, 0.25) is 0 Å². The van der Waals surface area contributed by atoms with Crippen LogP contribution in [0.2, 0.25) is 0 Å². The Morgan fingerprint density at radius 3 is 2.85 bits per heavy atom. The van der Waals surface area contributed by atoms with Gasteiger partial charge in [0.15, 0.2) is 0 Å². The molecule has 1 saturated heterocycles. The predicted octanol–water partition coefficient (Wildman–Crippen LogP) is -0.158. The van der Waals surface area contributed by atoms with Gasteiger partial charge in [-0.15, -0.1) is 0 Å². The molecule has 0 aromatic carbocycles. The molecule has 76 valence electrons. The van der Waals surface area contributed by atoms with Gasteiger partial charge in [-0.05, 0) is 20.0 Å². The number of likely N-dealkylation sites (N-methyl/N-ethyl adjacent to an activating group) is 2. The van der Waals surface area contributed by atoms with Gasteiger partial charge >= 0.3 is 5.97 Å². The number of hydrogen-bond acceptors (Lipinski definition) is 4. The molecule has 0 bridgehead atoms. The Bertz CT molecular complexity index is 184. The average molecular weight is 186 g/mol. The zero-order valence-corrected chi connectivity index (χ0v) is 8.54. The van der Waals surface area contributed by atoms with Crippen molar-refractivity contribution < 1.29 is 9.53 Å². The lowest BCUT2D eigenvalue weighted by molar-refractivity contribution is -0.145. The summed E-state index contributed by atoms with van der Waals surface area (Å²) in [6.45, 7) is 3.90. The minimum absolute atomic E-state index is 0.0487. The van der Waals surface area contributed by atoms with Gasteiger partial charge in [0.1, 0.15) is 6.04 Å². The van der Waals surface area contributed by atoms with Crippen LogP contribution in [0.25, 0.3) is 0 Å². The Hall–Kier alpha value is -0.610. The Labute approximate surface area is 79.2 Å². The first-order valence-corrected chi connectivity index (χ1v) is 4.72. The van der Waals surface area contributed by atoms with E-state index >= 15 is 0 Å². The topological polar surface area (TPSA) is 41.6 Å². The van der Waals surface area contributed by atoms with Crippen LogP contribution >= 0.6 is 0 Å². The minimum Gasteiger partial charge on any atom is -0.468 e. The third-order valence-corrected chi connectivity index (χ3v) is 2.69. The summed E-state index contributed by atoms with van der Waals surface area (Å²) < 4.78 is 4.75. The Morgan fingerprint density at radius 1 is 1.69 bits per heavy atom. The lowest BCUT2D eigenvalue weighted by Crippen LogP contribution is -2.36. The molecule has 0 radical (unpaired) electrons. The first-order valence-electron chi connectivity index (χ1n) is 4.72. The molecular weight excluding hydrogens is 168 g/mol. The Morgan fingerprint density at radius 2 is 2.38 bits per heavy atom. The van der Waals surface area contributed by atoms with E-state index in [9.17, 15) is 4.79 Å². The van der Waals surface area contributed by atoms with E-state index in [1.807, 2.05) is 7.05 Å². The highest BCUT2D eigenvalue weighted by atomic mass is 16.5. The van der Waals surface area contributed by atoms with Crippen LogP contribution in [0.5, 0.6) is 0 Å². The summed E-state index contributed by atoms with van der Waals surface area (Å²) >= 11 is 0. The zero-order chi connectivity index (χ0) is 9.84. The monoisotopic (exact) mass is 186 g/mol. The van der Waals surface area contributed by atoms with E-state index in [2.05, 4.69) is 17.1 Å². The molecule has 1 aliphatic rings. The van der Waals surface area contributed by atoms with Crippen LogP contribution in [0, 0.1) is 0 Å². The van der Waals surface area contributed by atoms with Crippen molar-refractivity contribution in [2.24, 2.45) is 0 Å². The predicted molar refractivity (Wildman–Crippen MR) is 50.5 cm³/mol. The van der Waals surface area contributed by atoms with Crippen molar-refractivity contribution in [1.29, 1.82) is 0 Å². The van der Waals surface area contributed by atoms with Crippen LogP contribution in [0.3, 0.4) is 0 Å². The van der Waals surface area contributed by atoms with Gasteiger partial charge in [-0.1, -0.05) is 6.92 Å². The van der Waals surface area contributed by atoms with Crippen LogP contribution in [-0.2, 0) is 9.53 Å². The van der Waals surface area contributed by atoms with E-state index in [4.69, 9.17) is 4.74 Å². The van der Waals surface area contributed by atoms with Crippen molar-refractivity contribution >= 4 is 5.97 Å². The van der Waals surface area contributed by atoms with Crippen LogP contribution in [0.1, 0.15) is 13.3 Å². The van der Waals surface area contributed by atoms with Gasteiger partial charge in [-0.2, -0.15) is 0 Å². The molecule has 13 heavy (non-hydrogen) atoms. The van der Waals surface area contributed by atoms with Crippen molar-refractivity contribution in [2.75, 3.05) is 27.2 Å². The number of methoxy groups -OCH3 is 1. The zero-order valence-electron chi connectivity index (χ0n) is 8.54. The van der Waals surface area contributed by atoms with Gasteiger partial charge in [0, 0.05) is 12.6 Å². The number of carbonyl (C=O) groups is 1. The number of hydrogen-bond donors (Lipinski definition) is 1. The molecule has 2 atom stereocenters. The highest BCUT2D eigenvalue weighted by Crippen LogP contribution is 2.17. The number of rotatable bonds is 3. The number of nitrogens with zero attached hydrogens (tertiary/aromatic N) is 1. The molecule has 0 amide bonds. The quantitative estimate of drug-likeness (QED) is 0.622. The van der Waals surface area contributed by atoms with Gasteiger partial charge < -0.3 is 10.1 Å². The molecule has 1 fully saturated rings. The third-order valence-electron chi connectivity index (χ3n) is 2.69. The summed E-state index contributed by atoms with van der Waals surface area (Å²) in [6.07, 6.45) is 0.858. The molecule has 1 heterocycles. The second-order valence-electron chi connectivity index (χ2n) is 3.35. The van der Waals surface area contributed by atoms with Crippen molar-refractivity contribution in [2.45, 2.75) is 25.4 Å². The molecule has 0 spiro atoms. The SMILES string of the molecule is CCN1C[C@H](NC)C[C@H]1C(=O)OC. The molecule has 0 saturated carbocycles. The fourth-order valence-corrected chi connectivity index (χ4v) is 1.84. The van der Waals surface area contributed by atoms with Crippen molar-refractivity contribution in [3.63, 3.8) is 0 Å². The van der Waals surface area contributed by atoms with Gasteiger partial charge in [0.25, 0.3) is 0 Å². The largest absolute Gasteiger partial charge is 0.468 e. The molecular formula is C9H18N2O2. The number of carbonyl (C=O) groups excluding carboxylic acids is 1. The minimum atomic E-state index is -0.111. The second kappa shape index (κ2) is 4.58. The van der Waals surface area contributed by atoms with E-state index in [0.29, 0.717) is 6.04 Å². The smallest absolute Gasteiger partial charge is 0.323 e. The summed E-state index contributed by atoms with van der Waals surface area (Å²) in [7, 11) is 3.38. The fraction of sp³-hybridized carbons (Fsp3) is 0.889. The number of ether oxygens (including phenoxy) is 1. The number of nitrogens with one attached hydrogen (secondary N) is 1. The van der Waals surface area contributed by atoms with Gasteiger partial charge in [-0.3, -0.25) is 9.69 Å². The summed E-state index contributed by atoms with van der Waals surface area (Å²) in [6, 6.07) is 0.372. The summed E-state index contributed by atoms with van der Waals surface area (Å²) in [5.41, 5.74) is 0. The first kappa shape index (κ1) is 10.5. The van der Waals surface area contributed by atoms with E-state index in [1.54, 1.807) is 0 Å². The van der Waals surface area contributed by atoms with Crippen LogP contribution in [0.15, 0.2) is 0 Å². The Kier molecular flexibility index (Phi) is 3.69. The van der Waals surface area contributed by atoms with E-state index in [-0.39, 0.29) is 12.0 Å². The molecule has 0 aromatic rings. The van der Waals surface area contributed by atoms with Crippen LogP contribution in [0.4, 0.5) is 0 Å². The molecule has 4 heteroatoms. The Balaban J connectivity index is 2.57. The van der Waals surface area contributed by atoms with Crippen LogP contribution in [-0.4, -0.2) is 50.2 Å². The molecule has 4 nitrogen and oxygen atoms in total. The lowest BCUT2D eigenvalue weighted by Gasteiger charge is -2.19. The summed E-state index contributed by atoms with van der Waals surface area (Å²) in [5, 5.41) is 3.19. The number of likely N-dealkylation sites (tertiary alicyclic amines) is 1. The fourth-order valence-electron chi connectivity index (χ4n) is 1.84. The van der Waals surface area contributed by atoms with Crippen molar-refractivity contribution in [1.82, 2.24) is 10.2 Å². The summed E-state index contributed by atoms with van der Waals surface area (Å²) in [5.74, 6) is -0.111. The second-order valence-corrected chi connectivity index (χ2v) is 3.35. The number of esters is 1. The standard InChI is InChI=1S/C9H18N2O2/c1-4-11-6-7(10-2)5-8(11)9(12)13-3/h7-8,10H,4-6H2,1-3H3/t7-,8+/m1/s1. The van der Waals surface area contributed by atoms with Crippen LogP contribution < -0.4 is 5.32 Å². The van der Waals surface area contributed by atoms with E-state index in [0.717, 1.165) is 19.5 Å². The molecule has 0 unspecified atom stereocenters. The van der Waals surface area contributed by atoms with E-state index < -0.39 is 0 Å². The van der Waals surface area contributed by atoms with E-state index in [1.165, 1.54) is 7.11 Å². The molecule has 1 aliphatic heterocycles. The molecule has 0 aromatic heterocycles. The van der Waals surface area contributed by atoms with Gasteiger partial charge in [-0.25, -0.2) is 0 Å². The average Bonchev–Trinajstić information content (AvgIpc) is 2.59. The van der Waals surface area contributed by atoms with Crippen molar-refractivity contribution in [3.05, 3.63) is 0 Å².